The summed E-state index contributed by atoms with van der Waals surface area (Å²) in [5.41, 5.74) is 0.935. The van der Waals surface area contributed by atoms with Gasteiger partial charge in [0.1, 0.15) is 0 Å². The summed E-state index contributed by atoms with van der Waals surface area (Å²) in [4.78, 5) is 24.0. The third-order valence-electron chi connectivity index (χ3n) is 5.40. The summed E-state index contributed by atoms with van der Waals surface area (Å²) in [5.74, 6) is -1.88. The van der Waals surface area contributed by atoms with E-state index in [1.165, 1.54) is 44.2 Å². The topological polar surface area (TPSA) is 113 Å². The van der Waals surface area contributed by atoms with Crippen LogP contribution in [0.5, 0.6) is 0 Å². The number of hydrogen-bond acceptors (Lipinski definition) is 4. The van der Waals surface area contributed by atoms with Crippen molar-refractivity contribution in [3.63, 3.8) is 0 Å². The Labute approximate surface area is 196 Å². The number of anilines is 1. The third kappa shape index (κ3) is 8.53. The largest absolute Gasteiger partial charge is 0.478 e. The second-order valence-electron chi connectivity index (χ2n) is 8.21. The normalized spacial score (nSPS) is 11.2. The first-order valence-corrected chi connectivity index (χ1v) is 13.0. The number of carboxylic acid groups (broad SMARTS) is 1. The number of sulfonamides is 1. The fraction of sp³-hybridized carbons (Fsp3) is 0.440. The molecule has 2 aromatic rings. The van der Waals surface area contributed by atoms with E-state index in [0.29, 0.717) is 12.2 Å². The summed E-state index contributed by atoms with van der Waals surface area (Å²) in [5, 5.41) is 12.3. The van der Waals surface area contributed by atoms with Gasteiger partial charge in [0.25, 0.3) is 15.9 Å². The lowest BCUT2D eigenvalue weighted by molar-refractivity contribution is 0.0690. The highest BCUT2D eigenvalue weighted by Gasteiger charge is 2.22. The lowest BCUT2D eigenvalue weighted by atomic mass is 10.1. The molecule has 0 aromatic heterocycles. The minimum absolute atomic E-state index is 0.0589. The molecule has 0 spiro atoms. The number of aryl methyl sites for hydroxylation is 1. The SMILES string of the molecule is CCCCCCCCCCNC(=O)c1ccc(S(=O)(=O)Nc2ccc(C)cc2)cc1C(=O)O. The molecule has 2 aromatic carbocycles. The van der Waals surface area contributed by atoms with Crippen molar-refractivity contribution in [3.8, 4) is 0 Å². The van der Waals surface area contributed by atoms with Crippen LogP contribution < -0.4 is 10.0 Å². The van der Waals surface area contributed by atoms with Gasteiger partial charge in [-0.25, -0.2) is 13.2 Å². The van der Waals surface area contributed by atoms with E-state index in [-0.39, 0.29) is 16.0 Å². The van der Waals surface area contributed by atoms with Gasteiger partial charge < -0.3 is 10.4 Å². The second-order valence-corrected chi connectivity index (χ2v) is 9.90. The summed E-state index contributed by atoms with van der Waals surface area (Å²) in [6.45, 7) is 4.52. The van der Waals surface area contributed by atoms with Crippen molar-refractivity contribution in [2.24, 2.45) is 0 Å². The second kappa shape index (κ2) is 13.0. The zero-order valence-corrected chi connectivity index (χ0v) is 20.2. The monoisotopic (exact) mass is 474 g/mol. The van der Waals surface area contributed by atoms with Gasteiger partial charge in [-0.05, 0) is 43.7 Å². The van der Waals surface area contributed by atoms with Crippen LogP contribution in [0.3, 0.4) is 0 Å². The number of unbranched alkanes of at least 4 members (excludes halogenated alkanes) is 7. The minimum Gasteiger partial charge on any atom is -0.478 e. The molecular formula is C25H34N2O5S. The molecule has 1 amide bonds. The van der Waals surface area contributed by atoms with Crippen LogP contribution >= 0.6 is 0 Å². The molecule has 0 aliphatic rings. The lowest BCUT2D eigenvalue weighted by Crippen LogP contribution is -2.26. The van der Waals surface area contributed by atoms with E-state index in [1.54, 1.807) is 24.3 Å². The number of rotatable bonds is 14. The molecule has 0 atom stereocenters. The molecule has 3 N–H and O–H groups in total. The van der Waals surface area contributed by atoms with Gasteiger partial charge in [-0.2, -0.15) is 0 Å². The van der Waals surface area contributed by atoms with E-state index >= 15 is 0 Å². The van der Waals surface area contributed by atoms with Crippen molar-refractivity contribution < 1.29 is 23.1 Å². The van der Waals surface area contributed by atoms with E-state index in [0.717, 1.165) is 30.9 Å². The Kier molecular flexibility index (Phi) is 10.4. The highest BCUT2D eigenvalue weighted by atomic mass is 32.2. The van der Waals surface area contributed by atoms with Gasteiger partial charge in [0.15, 0.2) is 0 Å². The van der Waals surface area contributed by atoms with Gasteiger partial charge in [-0.1, -0.05) is 69.6 Å². The summed E-state index contributed by atoms with van der Waals surface area (Å²) in [7, 11) is -4.01. The summed E-state index contributed by atoms with van der Waals surface area (Å²) in [6, 6.07) is 10.3. The van der Waals surface area contributed by atoms with E-state index in [9.17, 15) is 23.1 Å². The first-order chi connectivity index (χ1) is 15.7. The van der Waals surface area contributed by atoms with Crippen molar-refractivity contribution in [1.82, 2.24) is 5.32 Å². The standard InChI is InChI=1S/C25H34N2O5S/c1-3-4-5-6-7-8-9-10-17-26-24(28)22-16-15-21(18-23(22)25(29)30)33(31,32)27-20-13-11-19(2)12-14-20/h11-16,18,27H,3-10,17H2,1-2H3,(H,26,28)(H,29,30). The number of carbonyl (C=O) groups is 2. The van der Waals surface area contributed by atoms with Crippen molar-refractivity contribution in [3.05, 3.63) is 59.2 Å². The maximum atomic E-state index is 12.7. The number of aromatic carboxylic acids is 1. The van der Waals surface area contributed by atoms with Crippen molar-refractivity contribution in [1.29, 1.82) is 0 Å². The number of hydrogen-bond donors (Lipinski definition) is 3. The molecule has 0 aliphatic carbocycles. The Morgan fingerprint density at radius 3 is 2.06 bits per heavy atom. The van der Waals surface area contributed by atoms with Crippen LogP contribution in [0.25, 0.3) is 0 Å². The van der Waals surface area contributed by atoms with Crippen LogP contribution in [0, 0.1) is 6.92 Å². The molecule has 8 heteroatoms. The quantitative estimate of drug-likeness (QED) is 0.319. The Morgan fingerprint density at radius 2 is 1.45 bits per heavy atom. The maximum Gasteiger partial charge on any atom is 0.336 e. The number of amides is 1. The predicted molar refractivity (Wildman–Crippen MR) is 130 cm³/mol. The van der Waals surface area contributed by atoms with Gasteiger partial charge in [0.05, 0.1) is 16.0 Å². The Hall–Kier alpha value is -2.87. The third-order valence-corrected chi connectivity index (χ3v) is 6.78. The van der Waals surface area contributed by atoms with Crippen LogP contribution in [0.4, 0.5) is 5.69 Å². The highest BCUT2D eigenvalue weighted by Crippen LogP contribution is 2.20. The molecule has 0 saturated carbocycles. The lowest BCUT2D eigenvalue weighted by Gasteiger charge is -2.12. The fourth-order valence-corrected chi connectivity index (χ4v) is 4.54. The molecule has 0 radical (unpaired) electrons. The van der Waals surface area contributed by atoms with Gasteiger partial charge >= 0.3 is 5.97 Å². The molecule has 0 heterocycles. The molecule has 2 rings (SSSR count). The Morgan fingerprint density at radius 1 is 0.848 bits per heavy atom. The zero-order chi connectivity index (χ0) is 24.3. The van der Waals surface area contributed by atoms with Gasteiger partial charge in [-0.3, -0.25) is 9.52 Å². The zero-order valence-electron chi connectivity index (χ0n) is 19.4. The predicted octanol–water partition coefficient (Wildman–Crippen LogP) is 5.36. The van der Waals surface area contributed by atoms with Crippen LogP contribution in [0.1, 0.15) is 84.6 Å². The van der Waals surface area contributed by atoms with Crippen molar-refractivity contribution in [2.75, 3.05) is 11.3 Å². The van der Waals surface area contributed by atoms with Gasteiger partial charge in [0.2, 0.25) is 0 Å². The Bertz CT molecular complexity index is 1030. The highest BCUT2D eigenvalue weighted by molar-refractivity contribution is 7.92. The molecule has 0 unspecified atom stereocenters. The van der Waals surface area contributed by atoms with Gasteiger partial charge in [0, 0.05) is 12.2 Å². The van der Waals surface area contributed by atoms with E-state index in [4.69, 9.17) is 0 Å². The van der Waals surface area contributed by atoms with Gasteiger partial charge in [-0.15, -0.1) is 0 Å². The fourth-order valence-electron chi connectivity index (χ4n) is 3.46. The molecule has 180 valence electrons. The summed E-state index contributed by atoms with van der Waals surface area (Å²) >= 11 is 0. The average Bonchev–Trinajstić information content (AvgIpc) is 2.78. The van der Waals surface area contributed by atoms with E-state index in [1.807, 2.05) is 6.92 Å². The summed E-state index contributed by atoms with van der Waals surface area (Å²) < 4.78 is 27.8. The van der Waals surface area contributed by atoms with Crippen molar-refractivity contribution in [2.45, 2.75) is 70.1 Å². The van der Waals surface area contributed by atoms with Crippen LogP contribution in [0.2, 0.25) is 0 Å². The first kappa shape index (κ1) is 26.4. The molecule has 0 bridgehead atoms. The molecule has 0 saturated heterocycles. The molecule has 0 aliphatic heterocycles. The molecule has 7 nitrogen and oxygen atoms in total. The first-order valence-electron chi connectivity index (χ1n) is 11.5. The number of carboxylic acids is 1. The average molecular weight is 475 g/mol. The minimum atomic E-state index is -4.01. The van der Waals surface area contributed by atoms with Crippen LogP contribution in [0.15, 0.2) is 47.4 Å². The van der Waals surface area contributed by atoms with Crippen LogP contribution in [-0.4, -0.2) is 31.9 Å². The van der Waals surface area contributed by atoms with Crippen LogP contribution in [-0.2, 0) is 10.0 Å². The molecular weight excluding hydrogens is 440 g/mol. The smallest absolute Gasteiger partial charge is 0.336 e. The Balaban J connectivity index is 1.97. The number of benzene rings is 2. The van der Waals surface area contributed by atoms with E-state index < -0.39 is 21.9 Å². The summed E-state index contributed by atoms with van der Waals surface area (Å²) in [6.07, 6.45) is 9.09. The number of nitrogens with one attached hydrogen (secondary N) is 2. The molecule has 0 fully saturated rings. The number of carbonyl (C=O) groups excluding carboxylic acids is 1. The maximum absolute atomic E-state index is 12.7. The van der Waals surface area contributed by atoms with E-state index in [2.05, 4.69) is 17.0 Å². The molecule has 33 heavy (non-hydrogen) atoms. The van der Waals surface area contributed by atoms with Crippen molar-refractivity contribution >= 4 is 27.6 Å².